The first-order valence-electron chi connectivity index (χ1n) is 12.2. The molecule has 2 unspecified atom stereocenters. The van der Waals surface area contributed by atoms with E-state index in [0.29, 0.717) is 10.9 Å². The van der Waals surface area contributed by atoms with Crippen LogP contribution in [0.1, 0.15) is 45.9 Å². The number of rotatable bonds is 8. The van der Waals surface area contributed by atoms with Crippen molar-refractivity contribution in [1.29, 1.82) is 0 Å². The van der Waals surface area contributed by atoms with Crippen LogP contribution < -0.4 is 5.32 Å². The van der Waals surface area contributed by atoms with Crippen molar-refractivity contribution < 1.29 is 19.1 Å². The Morgan fingerprint density at radius 3 is 2.72 bits per heavy atom. The third-order valence-corrected chi connectivity index (χ3v) is 7.18. The number of hydrogen-bond acceptors (Lipinski definition) is 6. The summed E-state index contributed by atoms with van der Waals surface area (Å²) >= 11 is 5.78. The zero-order valence-electron chi connectivity index (χ0n) is 20.2. The topological polar surface area (TPSA) is 91.1 Å². The molecule has 4 heterocycles. The number of aromatic carboxylic acids is 1. The van der Waals surface area contributed by atoms with E-state index in [1.165, 1.54) is 0 Å². The molecule has 2 aliphatic heterocycles. The summed E-state index contributed by atoms with van der Waals surface area (Å²) in [5.41, 5.74) is 2.88. The fourth-order valence-electron chi connectivity index (χ4n) is 4.97. The molecular formula is C27H30N4O4S. The second-order valence-electron chi connectivity index (χ2n) is 9.16. The SMILES string of the molecule is Cc1cc(C(=O)O)ccc1-c1ccc(C2C(c3ccccn3)NC(=S)N2CCCN2CCOCC2)o1. The molecule has 2 saturated heterocycles. The molecule has 0 bridgehead atoms. The van der Waals surface area contributed by atoms with Crippen LogP contribution in [0.2, 0.25) is 0 Å². The van der Waals surface area contributed by atoms with Gasteiger partial charge in [-0.15, -0.1) is 0 Å². The number of aromatic nitrogens is 1. The molecule has 9 heteroatoms. The number of carboxylic acid groups (broad SMARTS) is 1. The minimum atomic E-state index is -0.943. The Morgan fingerprint density at radius 1 is 1.17 bits per heavy atom. The van der Waals surface area contributed by atoms with Crippen molar-refractivity contribution in [3.05, 3.63) is 77.3 Å². The summed E-state index contributed by atoms with van der Waals surface area (Å²) in [5.74, 6) is 0.549. The number of ether oxygens (including phenoxy) is 1. The van der Waals surface area contributed by atoms with Gasteiger partial charge < -0.3 is 24.5 Å². The van der Waals surface area contributed by atoms with E-state index in [1.807, 2.05) is 37.3 Å². The molecule has 8 nitrogen and oxygen atoms in total. The number of nitrogens with one attached hydrogen (secondary N) is 1. The lowest BCUT2D eigenvalue weighted by Gasteiger charge is -2.29. The average molecular weight is 507 g/mol. The van der Waals surface area contributed by atoms with E-state index in [0.717, 1.165) is 68.4 Å². The molecule has 2 N–H and O–H groups in total. The maximum Gasteiger partial charge on any atom is 0.335 e. The highest BCUT2D eigenvalue weighted by Gasteiger charge is 2.41. The molecule has 2 aliphatic rings. The average Bonchev–Trinajstić information content (AvgIpc) is 3.50. The third-order valence-electron chi connectivity index (χ3n) is 6.83. The minimum Gasteiger partial charge on any atom is -0.478 e. The van der Waals surface area contributed by atoms with Crippen LogP contribution in [0, 0.1) is 6.92 Å². The number of pyridine rings is 1. The Balaban J connectivity index is 1.41. The highest BCUT2D eigenvalue weighted by atomic mass is 32.1. The number of benzene rings is 1. The summed E-state index contributed by atoms with van der Waals surface area (Å²) in [6, 6.07) is 14.6. The number of nitrogens with zero attached hydrogens (tertiary/aromatic N) is 3. The summed E-state index contributed by atoms with van der Waals surface area (Å²) in [5, 5.41) is 13.5. The monoisotopic (exact) mass is 506 g/mol. The van der Waals surface area contributed by atoms with Crippen molar-refractivity contribution >= 4 is 23.3 Å². The second-order valence-corrected chi connectivity index (χ2v) is 9.55. The lowest BCUT2D eigenvalue weighted by Crippen LogP contribution is -2.38. The normalized spacial score (nSPS) is 20.5. The van der Waals surface area contributed by atoms with Crippen molar-refractivity contribution in [2.24, 2.45) is 0 Å². The fraction of sp³-hybridized carbons (Fsp3) is 0.370. The standard InChI is InChI=1S/C27H30N4O4S/c1-18-17-19(26(32)33)6-7-20(18)22-8-9-23(35-22)25-24(21-5-2-3-10-28-21)29-27(36)31(25)12-4-11-30-13-15-34-16-14-30/h2-3,5-10,17,24-25H,4,11-16H2,1H3,(H,29,36)(H,32,33). The van der Waals surface area contributed by atoms with Crippen LogP contribution in [-0.2, 0) is 4.74 Å². The molecule has 0 aliphatic carbocycles. The van der Waals surface area contributed by atoms with Gasteiger partial charge in [0.2, 0.25) is 0 Å². The van der Waals surface area contributed by atoms with Crippen molar-refractivity contribution in [2.75, 3.05) is 39.4 Å². The number of carbonyl (C=O) groups is 1. The molecule has 5 rings (SSSR count). The Labute approximate surface area is 215 Å². The van der Waals surface area contributed by atoms with Crippen LogP contribution in [0.15, 0.2) is 59.1 Å². The highest BCUT2D eigenvalue weighted by molar-refractivity contribution is 7.80. The number of hydrogen-bond donors (Lipinski definition) is 2. The number of carboxylic acids is 1. The number of morpholine rings is 1. The van der Waals surface area contributed by atoms with E-state index < -0.39 is 5.97 Å². The van der Waals surface area contributed by atoms with Crippen molar-refractivity contribution in [3.63, 3.8) is 0 Å². The largest absolute Gasteiger partial charge is 0.478 e. The Morgan fingerprint density at radius 2 is 2.00 bits per heavy atom. The van der Waals surface area contributed by atoms with Gasteiger partial charge in [-0.05, 0) is 67.5 Å². The predicted octanol–water partition coefficient (Wildman–Crippen LogP) is 4.04. The molecule has 0 saturated carbocycles. The molecule has 1 aromatic carbocycles. The first-order chi connectivity index (χ1) is 17.5. The molecule has 36 heavy (non-hydrogen) atoms. The van der Waals surface area contributed by atoms with Gasteiger partial charge in [-0.2, -0.15) is 0 Å². The van der Waals surface area contributed by atoms with Gasteiger partial charge >= 0.3 is 5.97 Å². The molecule has 2 fully saturated rings. The molecule has 3 aromatic rings. The van der Waals surface area contributed by atoms with Crippen molar-refractivity contribution in [1.82, 2.24) is 20.1 Å². The zero-order valence-corrected chi connectivity index (χ0v) is 21.0. The van der Waals surface area contributed by atoms with Gasteiger partial charge in [0.1, 0.15) is 17.6 Å². The van der Waals surface area contributed by atoms with E-state index in [1.54, 1.807) is 24.4 Å². The van der Waals surface area contributed by atoms with Crippen LogP contribution >= 0.6 is 12.2 Å². The molecule has 0 spiro atoms. The smallest absolute Gasteiger partial charge is 0.335 e. The van der Waals surface area contributed by atoms with E-state index in [2.05, 4.69) is 20.1 Å². The quantitative estimate of drug-likeness (QED) is 0.439. The van der Waals surface area contributed by atoms with Gasteiger partial charge in [0.25, 0.3) is 0 Å². The van der Waals surface area contributed by atoms with E-state index in [9.17, 15) is 9.90 Å². The molecule has 2 aromatic heterocycles. The van der Waals surface area contributed by atoms with E-state index in [4.69, 9.17) is 21.4 Å². The lowest BCUT2D eigenvalue weighted by atomic mass is 10.0. The Bertz CT molecular complexity index is 1230. The molecule has 0 radical (unpaired) electrons. The Kier molecular flexibility index (Phi) is 7.31. The highest BCUT2D eigenvalue weighted by Crippen LogP contribution is 2.40. The van der Waals surface area contributed by atoms with Gasteiger partial charge in [-0.1, -0.05) is 12.1 Å². The molecule has 2 atom stereocenters. The van der Waals surface area contributed by atoms with Gasteiger partial charge in [-0.3, -0.25) is 9.88 Å². The van der Waals surface area contributed by atoms with Crippen LogP contribution in [0.25, 0.3) is 11.3 Å². The van der Waals surface area contributed by atoms with Crippen LogP contribution in [0.3, 0.4) is 0 Å². The third kappa shape index (κ3) is 5.13. The van der Waals surface area contributed by atoms with Gasteiger partial charge in [0.15, 0.2) is 5.11 Å². The van der Waals surface area contributed by atoms with E-state index >= 15 is 0 Å². The first-order valence-corrected chi connectivity index (χ1v) is 12.6. The van der Waals surface area contributed by atoms with E-state index in [-0.39, 0.29) is 17.6 Å². The zero-order chi connectivity index (χ0) is 25.1. The van der Waals surface area contributed by atoms with Crippen LogP contribution in [-0.4, -0.2) is 70.4 Å². The van der Waals surface area contributed by atoms with Gasteiger partial charge in [0.05, 0.1) is 30.5 Å². The maximum absolute atomic E-state index is 11.3. The maximum atomic E-state index is 11.3. The predicted molar refractivity (Wildman–Crippen MR) is 140 cm³/mol. The number of aryl methyl sites for hydroxylation is 1. The van der Waals surface area contributed by atoms with Crippen LogP contribution in [0.4, 0.5) is 0 Å². The van der Waals surface area contributed by atoms with Crippen molar-refractivity contribution in [2.45, 2.75) is 25.4 Å². The van der Waals surface area contributed by atoms with Crippen LogP contribution in [0.5, 0.6) is 0 Å². The summed E-state index contributed by atoms with van der Waals surface area (Å²) in [4.78, 5) is 20.6. The van der Waals surface area contributed by atoms with Gasteiger partial charge in [-0.25, -0.2) is 4.79 Å². The number of thiocarbonyl (C=S) groups is 1. The summed E-state index contributed by atoms with van der Waals surface area (Å²) in [6.45, 7) is 7.17. The second kappa shape index (κ2) is 10.8. The molecular weight excluding hydrogens is 476 g/mol. The van der Waals surface area contributed by atoms with Crippen molar-refractivity contribution in [3.8, 4) is 11.3 Å². The Hall–Kier alpha value is -3.27. The summed E-state index contributed by atoms with van der Waals surface area (Å²) < 4.78 is 11.9. The fourth-order valence-corrected chi connectivity index (χ4v) is 5.31. The summed E-state index contributed by atoms with van der Waals surface area (Å²) in [7, 11) is 0. The van der Waals surface area contributed by atoms with Gasteiger partial charge in [0, 0.05) is 37.9 Å². The minimum absolute atomic E-state index is 0.142. The lowest BCUT2D eigenvalue weighted by molar-refractivity contribution is 0.0365. The first kappa shape index (κ1) is 24.4. The summed E-state index contributed by atoms with van der Waals surface area (Å²) in [6.07, 6.45) is 2.76. The molecule has 188 valence electrons. The molecule has 0 amide bonds. The number of furan rings is 1.